The summed E-state index contributed by atoms with van der Waals surface area (Å²) in [6, 6.07) is 2.45. The van der Waals surface area contributed by atoms with Gasteiger partial charge in [0, 0.05) is 24.6 Å². The minimum Gasteiger partial charge on any atom is -0.481 e. The number of fused-ring (bicyclic) bond motifs is 1. The van der Waals surface area contributed by atoms with Gasteiger partial charge >= 0.3 is 11.9 Å². The molecule has 3 atom stereocenters. The number of oxime groups is 1. The monoisotopic (exact) mass is 523 g/mol. The number of hydrogen-bond donors (Lipinski definition) is 3. The standard InChI is InChI=1S/C20H21N5O8S2/c1-10(26)32-8-20(18(29)30)7-25-16(28)14(17(25)35-9-20)23-15(27)13(12-6-34-19(21)22-12)24-33-5-11-3-2-4-31-11/h2-4,6,14,17H,5,7-9H2,1H3,(H2,21,22)(H,23,27)(H,29,30)/t14?,17-,20?/m1/s1. The summed E-state index contributed by atoms with van der Waals surface area (Å²) in [5, 5.41) is 17.5. The van der Waals surface area contributed by atoms with Crippen molar-refractivity contribution >= 4 is 57.7 Å². The zero-order valence-electron chi connectivity index (χ0n) is 18.3. The molecule has 0 bridgehead atoms. The number of nitrogens with zero attached hydrogens (tertiary/aromatic N) is 3. The van der Waals surface area contributed by atoms with Gasteiger partial charge in [-0.05, 0) is 12.1 Å². The van der Waals surface area contributed by atoms with E-state index in [1.165, 1.54) is 35.2 Å². The Balaban J connectivity index is 1.44. The lowest BCUT2D eigenvalue weighted by Gasteiger charge is -2.53. The number of nitrogens with two attached hydrogens (primary N) is 1. The number of carbonyl (C=O) groups is 4. The molecular formula is C20H21N5O8S2. The maximum Gasteiger partial charge on any atom is 0.315 e. The number of carboxylic acids is 1. The molecule has 13 nitrogen and oxygen atoms in total. The number of thiazole rings is 1. The molecule has 2 saturated heterocycles. The largest absolute Gasteiger partial charge is 0.481 e. The van der Waals surface area contributed by atoms with Crippen molar-refractivity contribution in [1.82, 2.24) is 15.2 Å². The highest BCUT2D eigenvalue weighted by atomic mass is 32.2. The lowest BCUT2D eigenvalue weighted by Crippen LogP contribution is -2.74. The van der Waals surface area contributed by atoms with Crippen molar-refractivity contribution < 1.29 is 38.3 Å². The number of anilines is 1. The number of furan rings is 1. The third-order valence-corrected chi connectivity index (χ3v) is 7.62. The molecule has 4 heterocycles. The molecule has 186 valence electrons. The van der Waals surface area contributed by atoms with Gasteiger partial charge in [0.1, 0.15) is 34.9 Å². The second kappa shape index (κ2) is 9.95. The number of aliphatic carboxylic acids is 1. The number of rotatable bonds is 9. The second-order valence-corrected chi connectivity index (χ2v) is 9.84. The summed E-state index contributed by atoms with van der Waals surface area (Å²) < 4.78 is 10.1. The number of hydrogen-bond acceptors (Lipinski definition) is 12. The van der Waals surface area contributed by atoms with E-state index >= 15 is 0 Å². The highest BCUT2D eigenvalue weighted by Gasteiger charge is 2.58. The van der Waals surface area contributed by atoms with Crippen LogP contribution in [0.25, 0.3) is 0 Å². The molecule has 0 spiro atoms. The third-order valence-electron chi connectivity index (χ3n) is 5.36. The molecule has 0 aromatic carbocycles. The summed E-state index contributed by atoms with van der Waals surface area (Å²) in [5.74, 6) is -2.37. The van der Waals surface area contributed by atoms with E-state index in [9.17, 15) is 24.3 Å². The number of β-lactam (4-membered cyclic amide) rings is 1. The van der Waals surface area contributed by atoms with Crippen LogP contribution in [-0.4, -0.2) is 74.8 Å². The van der Waals surface area contributed by atoms with Gasteiger partial charge in [0.05, 0.1) is 6.26 Å². The Labute approximate surface area is 206 Å². The SMILES string of the molecule is CC(=O)OCC1(C(=O)O)CS[C@@H]2C(NC(=O)C(=NOCc3ccco3)c3csc(N)n3)C(=O)N2C1. The Hall–Kier alpha value is -3.59. The van der Waals surface area contributed by atoms with Crippen LogP contribution in [0.4, 0.5) is 5.13 Å². The van der Waals surface area contributed by atoms with Crippen LogP contribution >= 0.6 is 23.1 Å². The summed E-state index contributed by atoms with van der Waals surface area (Å²) in [6.07, 6.45) is 1.47. The fraction of sp³-hybridized carbons (Fsp3) is 0.400. The number of carbonyl (C=O) groups excluding carboxylic acids is 3. The first-order valence-electron chi connectivity index (χ1n) is 10.2. The molecular weight excluding hydrogens is 502 g/mol. The summed E-state index contributed by atoms with van der Waals surface area (Å²) in [7, 11) is 0. The fourth-order valence-corrected chi connectivity index (χ4v) is 5.58. The van der Waals surface area contributed by atoms with Crippen molar-refractivity contribution in [3.63, 3.8) is 0 Å². The highest BCUT2D eigenvalue weighted by Crippen LogP contribution is 2.42. The summed E-state index contributed by atoms with van der Waals surface area (Å²) in [5.41, 5.74) is 4.26. The van der Waals surface area contributed by atoms with E-state index in [0.717, 1.165) is 11.3 Å². The van der Waals surface area contributed by atoms with Gasteiger partial charge in [-0.2, -0.15) is 0 Å². The number of ether oxygens (including phenoxy) is 1. The van der Waals surface area contributed by atoms with Gasteiger partial charge in [0.25, 0.3) is 5.91 Å². The Morgan fingerprint density at radius 1 is 1.46 bits per heavy atom. The van der Waals surface area contributed by atoms with Crippen LogP contribution in [0, 0.1) is 5.41 Å². The van der Waals surface area contributed by atoms with Gasteiger partial charge in [-0.1, -0.05) is 5.16 Å². The van der Waals surface area contributed by atoms with E-state index in [4.69, 9.17) is 19.7 Å². The normalized spacial score (nSPS) is 23.7. The molecule has 2 unspecified atom stereocenters. The van der Waals surface area contributed by atoms with E-state index in [1.54, 1.807) is 12.1 Å². The molecule has 0 saturated carbocycles. The lowest BCUT2D eigenvalue weighted by molar-refractivity contribution is -0.164. The smallest absolute Gasteiger partial charge is 0.315 e. The summed E-state index contributed by atoms with van der Waals surface area (Å²) in [6.45, 7) is 0.654. The second-order valence-electron chi connectivity index (χ2n) is 7.85. The molecule has 2 fully saturated rings. The van der Waals surface area contributed by atoms with Crippen LogP contribution in [0.1, 0.15) is 18.4 Å². The summed E-state index contributed by atoms with van der Waals surface area (Å²) in [4.78, 5) is 59.6. The van der Waals surface area contributed by atoms with E-state index in [2.05, 4.69) is 15.5 Å². The molecule has 4 rings (SSSR count). The Morgan fingerprint density at radius 3 is 2.89 bits per heavy atom. The number of amides is 2. The minimum atomic E-state index is -1.43. The number of aromatic nitrogens is 1. The number of esters is 1. The average Bonchev–Trinajstić information content (AvgIpc) is 3.50. The van der Waals surface area contributed by atoms with E-state index in [1.807, 2.05) is 0 Å². The van der Waals surface area contributed by atoms with Crippen LogP contribution < -0.4 is 11.1 Å². The van der Waals surface area contributed by atoms with Crippen molar-refractivity contribution in [1.29, 1.82) is 0 Å². The molecule has 2 aliphatic heterocycles. The van der Waals surface area contributed by atoms with E-state index < -0.39 is 40.6 Å². The van der Waals surface area contributed by atoms with Gasteiger partial charge < -0.3 is 35.0 Å². The molecule has 2 aliphatic rings. The fourth-order valence-electron chi connectivity index (χ4n) is 3.51. The Kier molecular flexibility index (Phi) is 6.98. The Bertz CT molecular complexity index is 1170. The predicted molar refractivity (Wildman–Crippen MR) is 123 cm³/mol. The maximum absolute atomic E-state index is 13.0. The third kappa shape index (κ3) is 5.09. The number of nitrogen functional groups attached to an aromatic ring is 1. The van der Waals surface area contributed by atoms with Crippen LogP contribution in [0.3, 0.4) is 0 Å². The first kappa shape index (κ1) is 24.5. The lowest BCUT2D eigenvalue weighted by atomic mass is 9.88. The molecule has 15 heteroatoms. The molecule has 4 N–H and O–H groups in total. The van der Waals surface area contributed by atoms with E-state index in [-0.39, 0.29) is 42.0 Å². The number of carboxylic acid groups (broad SMARTS) is 1. The topological polar surface area (TPSA) is 187 Å². The molecule has 2 aromatic heterocycles. The van der Waals surface area contributed by atoms with Crippen molar-refractivity contribution in [3.05, 3.63) is 35.2 Å². The van der Waals surface area contributed by atoms with Gasteiger partial charge in [0.15, 0.2) is 17.5 Å². The predicted octanol–water partition coefficient (Wildman–Crippen LogP) is 0.273. The average molecular weight is 524 g/mol. The van der Waals surface area contributed by atoms with Crippen molar-refractivity contribution in [2.24, 2.45) is 10.6 Å². The minimum absolute atomic E-state index is 0.0301. The number of thioether (sulfide) groups is 1. The zero-order chi connectivity index (χ0) is 25.2. The van der Waals surface area contributed by atoms with Crippen molar-refractivity contribution in [2.75, 3.05) is 24.6 Å². The first-order chi connectivity index (χ1) is 16.7. The molecule has 0 radical (unpaired) electrons. The molecule has 0 aliphatic carbocycles. The quantitative estimate of drug-likeness (QED) is 0.177. The van der Waals surface area contributed by atoms with Gasteiger partial charge in [-0.25, -0.2) is 4.98 Å². The van der Waals surface area contributed by atoms with Crippen molar-refractivity contribution in [2.45, 2.75) is 24.9 Å². The number of nitrogens with one attached hydrogen (secondary N) is 1. The van der Waals surface area contributed by atoms with Crippen LogP contribution in [0.15, 0.2) is 33.3 Å². The van der Waals surface area contributed by atoms with Gasteiger partial charge in [0.2, 0.25) is 5.91 Å². The zero-order valence-corrected chi connectivity index (χ0v) is 20.0. The van der Waals surface area contributed by atoms with Crippen LogP contribution in [0.5, 0.6) is 0 Å². The van der Waals surface area contributed by atoms with Crippen molar-refractivity contribution in [3.8, 4) is 0 Å². The molecule has 2 aromatic rings. The van der Waals surface area contributed by atoms with Crippen LogP contribution in [0.2, 0.25) is 0 Å². The van der Waals surface area contributed by atoms with E-state index in [0.29, 0.717) is 5.76 Å². The Morgan fingerprint density at radius 2 is 2.26 bits per heavy atom. The molecule has 2 amide bonds. The van der Waals surface area contributed by atoms with Gasteiger partial charge in [-0.3, -0.25) is 19.2 Å². The molecule has 35 heavy (non-hydrogen) atoms. The first-order valence-corrected chi connectivity index (χ1v) is 12.2. The van der Waals surface area contributed by atoms with Crippen LogP contribution in [-0.2, 0) is 35.4 Å². The summed E-state index contributed by atoms with van der Waals surface area (Å²) >= 11 is 2.29. The van der Waals surface area contributed by atoms with Gasteiger partial charge in [-0.15, -0.1) is 23.1 Å². The highest BCUT2D eigenvalue weighted by molar-refractivity contribution is 8.00. The maximum atomic E-state index is 13.0.